The number of carbonyl (C=O) groups is 1. The zero-order valence-corrected chi connectivity index (χ0v) is 36.5. The Morgan fingerprint density at radius 3 is 1.98 bits per heavy atom. The van der Waals surface area contributed by atoms with Crippen LogP contribution in [0.25, 0.3) is 43.6 Å². The maximum atomic E-state index is 12.2. The number of allylic oxidation sites excluding steroid dienone is 2. The third kappa shape index (κ3) is 8.90. The van der Waals surface area contributed by atoms with Gasteiger partial charge in [0, 0.05) is 59.7 Å². The number of aromatic nitrogens is 1. The van der Waals surface area contributed by atoms with Gasteiger partial charge in [0.2, 0.25) is 0 Å². The molecule has 1 aliphatic heterocycles. The van der Waals surface area contributed by atoms with E-state index in [4.69, 9.17) is 9.72 Å². The van der Waals surface area contributed by atoms with Crippen molar-refractivity contribution in [1.82, 2.24) is 4.98 Å². The first-order valence-corrected chi connectivity index (χ1v) is 19.3. The van der Waals surface area contributed by atoms with Crippen LogP contribution in [-0.4, -0.2) is 15.9 Å². The number of hydrogen-bond acceptors (Lipinski definition) is 4. The average Bonchev–Trinajstić information content (AvgIpc) is 3.10. The number of rotatable bonds is 9. The predicted molar refractivity (Wildman–Crippen MR) is 221 cm³/mol. The molecule has 0 unspecified atom stereocenters. The molecule has 0 saturated heterocycles. The van der Waals surface area contributed by atoms with Crippen molar-refractivity contribution in [2.75, 3.05) is 0 Å². The molecule has 1 aromatic heterocycles. The zero-order chi connectivity index (χ0) is 38.2. The van der Waals surface area contributed by atoms with Gasteiger partial charge in [-0.2, -0.15) is 0 Å². The van der Waals surface area contributed by atoms with Crippen LogP contribution in [0, 0.1) is 27.7 Å². The Morgan fingerprint density at radius 1 is 0.755 bits per heavy atom. The molecule has 2 heterocycles. The predicted octanol–water partition coefficient (Wildman–Crippen LogP) is 13.9. The molecule has 1 N–H and O–H groups in total. The van der Waals surface area contributed by atoms with Crippen molar-refractivity contribution in [3.63, 3.8) is 0 Å². The summed E-state index contributed by atoms with van der Waals surface area (Å²) in [4.78, 5) is 17.1. The summed E-state index contributed by atoms with van der Waals surface area (Å²) in [7, 11) is 0. The van der Waals surface area contributed by atoms with E-state index in [1.165, 1.54) is 28.0 Å². The molecular formula is C48H60IrNO3-. The first-order valence-electron chi connectivity index (χ1n) is 19.3. The molecule has 6 rings (SSSR count). The molecule has 0 bridgehead atoms. The SMILES string of the molecule is CC(C)(C)Cc1ccc2c3c4c(nccc4cc2c1)-c1[c-]c2ccccc2c(CC(C)(C)C)c1O3.CCC(C)(CC)C(=O)/C=C(\O)C(C)(CC)CC.[Ir]. The molecule has 1 radical (unpaired) electrons. The van der Waals surface area contributed by atoms with Crippen LogP contribution in [0.3, 0.4) is 0 Å². The summed E-state index contributed by atoms with van der Waals surface area (Å²) in [6.45, 7) is 25.8. The number of aliphatic hydroxyl groups excluding tert-OH is 1. The van der Waals surface area contributed by atoms with Crippen LogP contribution >= 0.6 is 0 Å². The number of nitrogens with zero attached hydrogens (tertiary/aromatic N) is 1. The summed E-state index contributed by atoms with van der Waals surface area (Å²) in [6, 6.07) is 23.4. The van der Waals surface area contributed by atoms with Crippen molar-refractivity contribution in [3.8, 4) is 22.8 Å². The summed E-state index contributed by atoms with van der Waals surface area (Å²) < 4.78 is 6.92. The number of carbonyl (C=O) groups excluding carboxylic acids is 1. The Kier molecular flexibility index (Phi) is 12.8. The van der Waals surface area contributed by atoms with Crippen molar-refractivity contribution in [2.24, 2.45) is 21.7 Å². The van der Waals surface area contributed by atoms with Gasteiger partial charge >= 0.3 is 0 Å². The van der Waals surface area contributed by atoms with Gasteiger partial charge < -0.3 is 9.84 Å². The molecule has 0 atom stereocenters. The maximum Gasteiger partial charge on any atom is 0.164 e. The summed E-state index contributed by atoms with van der Waals surface area (Å²) in [5.41, 5.74) is 4.30. The normalized spacial score (nSPS) is 13.2. The molecule has 5 aromatic rings. The van der Waals surface area contributed by atoms with Gasteiger partial charge in [-0.25, -0.2) is 0 Å². The smallest absolute Gasteiger partial charge is 0.164 e. The number of ketones is 1. The van der Waals surface area contributed by atoms with Crippen LogP contribution < -0.4 is 4.74 Å². The van der Waals surface area contributed by atoms with Crippen LogP contribution in [0.2, 0.25) is 0 Å². The Labute approximate surface area is 332 Å². The second-order valence-electron chi connectivity index (χ2n) is 17.9. The van der Waals surface area contributed by atoms with Crippen LogP contribution in [0.5, 0.6) is 11.5 Å². The Bertz CT molecular complexity index is 2140. The zero-order valence-electron chi connectivity index (χ0n) is 34.1. The van der Waals surface area contributed by atoms with Gasteiger partial charge in [0.25, 0.3) is 0 Å². The van der Waals surface area contributed by atoms with E-state index in [9.17, 15) is 9.90 Å². The molecular weight excluding hydrogens is 831 g/mol. The molecule has 0 spiro atoms. The van der Waals surface area contributed by atoms with Gasteiger partial charge in [0.15, 0.2) is 5.78 Å². The quantitative estimate of drug-likeness (QED) is 0.0680. The van der Waals surface area contributed by atoms with Crippen molar-refractivity contribution < 1.29 is 34.7 Å². The topological polar surface area (TPSA) is 59.4 Å². The third-order valence-corrected chi connectivity index (χ3v) is 11.4. The van der Waals surface area contributed by atoms with E-state index < -0.39 is 0 Å². The van der Waals surface area contributed by atoms with Crippen molar-refractivity contribution in [3.05, 3.63) is 89.8 Å². The Hall–Kier alpha value is -3.53. The van der Waals surface area contributed by atoms with Crippen LogP contribution in [0.4, 0.5) is 0 Å². The summed E-state index contributed by atoms with van der Waals surface area (Å²) in [5, 5.41) is 17.1. The summed E-state index contributed by atoms with van der Waals surface area (Å²) in [5.74, 6) is 2.13. The third-order valence-electron chi connectivity index (χ3n) is 11.4. The number of benzene rings is 4. The van der Waals surface area contributed by atoms with Gasteiger partial charge in [-0.1, -0.05) is 136 Å². The van der Waals surface area contributed by atoms with E-state index in [1.54, 1.807) is 0 Å². The summed E-state index contributed by atoms with van der Waals surface area (Å²) in [6.07, 6.45) is 8.63. The van der Waals surface area contributed by atoms with Crippen LogP contribution in [0.15, 0.2) is 72.6 Å². The number of ether oxygens (including phenoxy) is 1. The molecule has 285 valence electrons. The molecule has 1 aliphatic rings. The van der Waals surface area contributed by atoms with Gasteiger partial charge in [-0.15, -0.1) is 17.5 Å². The van der Waals surface area contributed by atoms with Crippen LogP contribution in [0.1, 0.15) is 120 Å². The average molecular weight is 891 g/mol. The van der Waals surface area contributed by atoms with Crippen molar-refractivity contribution >= 4 is 38.1 Å². The monoisotopic (exact) mass is 891 g/mol. The van der Waals surface area contributed by atoms with E-state index in [1.807, 2.05) is 47.7 Å². The van der Waals surface area contributed by atoms with Gasteiger partial charge in [-0.3, -0.25) is 9.78 Å². The van der Waals surface area contributed by atoms with Crippen molar-refractivity contribution in [2.45, 2.75) is 122 Å². The minimum Gasteiger partial charge on any atom is -0.512 e. The second kappa shape index (κ2) is 16.1. The fourth-order valence-electron chi connectivity index (χ4n) is 7.18. The molecule has 0 fully saturated rings. The minimum atomic E-state index is -0.337. The fourth-order valence-corrected chi connectivity index (χ4v) is 7.18. The van der Waals surface area contributed by atoms with E-state index in [2.05, 4.69) is 102 Å². The largest absolute Gasteiger partial charge is 0.512 e. The summed E-state index contributed by atoms with van der Waals surface area (Å²) >= 11 is 0. The van der Waals surface area contributed by atoms with E-state index in [0.717, 1.165) is 82.8 Å². The van der Waals surface area contributed by atoms with Crippen molar-refractivity contribution in [1.29, 1.82) is 0 Å². The standard InChI is InChI=1S/C33H32NO.C15H28O2.Ir/c1-32(2,3)18-20-11-12-25-23(15-20)16-22-13-14-34-29-26-17-21-9-7-8-10-24(21)27(19-33(4,5)6)30(26)35-31(25)28(22)29;1-7-14(5,8-2)12(16)11-13(17)15(6,9-3)10-4;/h7-16H,18-19H2,1-6H3;11,16H,7-10H2,1-6H3;/q-1;;/b;12-11-;. The fraction of sp³-hybridized carbons (Fsp3) is 0.458. The number of pyridine rings is 1. The molecule has 0 saturated carbocycles. The minimum absolute atomic E-state index is 0. The molecule has 0 aliphatic carbocycles. The van der Waals surface area contributed by atoms with Gasteiger partial charge in [0.1, 0.15) is 11.5 Å². The number of hydrogen-bond donors (Lipinski definition) is 1. The second-order valence-corrected chi connectivity index (χ2v) is 17.9. The number of fused-ring (bicyclic) bond motifs is 5. The Morgan fingerprint density at radius 2 is 1.38 bits per heavy atom. The molecule has 0 amide bonds. The Balaban J connectivity index is 0.000000299. The molecule has 53 heavy (non-hydrogen) atoms. The van der Waals surface area contributed by atoms with E-state index in [-0.39, 0.29) is 53.3 Å². The molecule has 4 nitrogen and oxygen atoms in total. The number of aliphatic hydroxyl groups is 1. The van der Waals surface area contributed by atoms with Crippen LogP contribution in [-0.2, 0) is 37.7 Å². The first-order chi connectivity index (χ1) is 24.4. The first kappa shape index (κ1) is 42.2. The van der Waals surface area contributed by atoms with E-state index in [0.29, 0.717) is 0 Å². The maximum absolute atomic E-state index is 12.2. The molecule has 4 aromatic carbocycles. The van der Waals surface area contributed by atoms with Gasteiger partial charge in [-0.05, 0) is 77.8 Å². The van der Waals surface area contributed by atoms with Gasteiger partial charge in [0.05, 0.1) is 5.75 Å². The van der Waals surface area contributed by atoms with E-state index >= 15 is 0 Å². The molecule has 5 heteroatoms.